The number of nitro groups is 1. The standard InChI is InChI=1S/C28H22ClN3O6S/c1-4-37-27(34)24-16(3)30-28-31(25(24)17-7-5-15(2)6-8-17)26(33)23(39-28)14-19-10-12-22(38-19)20-11-9-18(29)13-21(20)32(35)36/h5-14,25H,4H2,1-3H3/b23-14-/t25-/m1/s1. The van der Waals surface area contributed by atoms with E-state index < -0.39 is 16.9 Å². The van der Waals surface area contributed by atoms with Crippen LogP contribution in [0.1, 0.15) is 36.8 Å². The maximum atomic E-state index is 13.7. The van der Waals surface area contributed by atoms with Gasteiger partial charge in [0.05, 0.1) is 38.9 Å². The largest absolute Gasteiger partial charge is 0.463 e. The van der Waals surface area contributed by atoms with Crippen molar-refractivity contribution in [1.82, 2.24) is 4.57 Å². The first kappa shape index (κ1) is 26.3. The molecule has 0 spiro atoms. The summed E-state index contributed by atoms with van der Waals surface area (Å²) in [6.07, 6.45) is 1.56. The van der Waals surface area contributed by atoms with Crippen molar-refractivity contribution >= 4 is 40.7 Å². The third-order valence-corrected chi connectivity index (χ3v) is 7.45. The third kappa shape index (κ3) is 4.96. The van der Waals surface area contributed by atoms with Crippen LogP contribution < -0.4 is 14.9 Å². The van der Waals surface area contributed by atoms with E-state index in [1.54, 1.807) is 38.1 Å². The van der Waals surface area contributed by atoms with Gasteiger partial charge >= 0.3 is 5.97 Å². The summed E-state index contributed by atoms with van der Waals surface area (Å²) in [6.45, 7) is 5.59. The van der Waals surface area contributed by atoms with Crippen molar-refractivity contribution in [2.75, 3.05) is 6.61 Å². The van der Waals surface area contributed by atoms with Gasteiger partial charge in [0.1, 0.15) is 11.5 Å². The summed E-state index contributed by atoms with van der Waals surface area (Å²) in [5.74, 6) is 0.0573. The lowest BCUT2D eigenvalue weighted by atomic mass is 9.95. The number of allylic oxidation sites excluding steroid dienone is 1. The smallest absolute Gasteiger partial charge is 0.338 e. The second-order valence-corrected chi connectivity index (χ2v) is 10.3. The molecule has 0 fully saturated rings. The highest BCUT2D eigenvalue weighted by Crippen LogP contribution is 2.34. The first-order chi connectivity index (χ1) is 18.7. The van der Waals surface area contributed by atoms with Gasteiger partial charge in [-0.3, -0.25) is 19.5 Å². The molecule has 39 heavy (non-hydrogen) atoms. The first-order valence-electron chi connectivity index (χ1n) is 12.0. The topological polar surface area (TPSA) is 117 Å². The minimum Gasteiger partial charge on any atom is -0.463 e. The predicted molar refractivity (Wildman–Crippen MR) is 147 cm³/mol. The number of furan rings is 1. The molecule has 4 aromatic rings. The number of benzene rings is 2. The van der Waals surface area contributed by atoms with E-state index in [0.29, 0.717) is 26.4 Å². The van der Waals surface area contributed by atoms with Crippen LogP contribution in [0, 0.1) is 17.0 Å². The Bertz CT molecular complexity index is 1830. The van der Waals surface area contributed by atoms with Gasteiger partial charge in [0, 0.05) is 17.2 Å². The van der Waals surface area contributed by atoms with Gasteiger partial charge in [-0.1, -0.05) is 52.8 Å². The Labute approximate surface area is 231 Å². The van der Waals surface area contributed by atoms with Crippen LogP contribution in [0.5, 0.6) is 0 Å². The lowest BCUT2D eigenvalue weighted by molar-refractivity contribution is -0.384. The lowest BCUT2D eigenvalue weighted by Gasteiger charge is -2.24. The Morgan fingerprint density at radius 3 is 2.64 bits per heavy atom. The number of aryl methyl sites for hydroxylation is 1. The molecule has 11 heteroatoms. The van der Waals surface area contributed by atoms with E-state index in [2.05, 4.69) is 4.99 Å². The third-order valence-electron chi connectivity index (χ3n) is 6.23. The van der Waals surface area contributed by atoms with Crippen molar-refractivity contribution < 1.29 is 18.9 Å². The van der Waals surface area contributed by atoms with E-state index in [4.69, 9.17) is 20.8 Å². The number of thiazole rings is 1. The van der Waals surface area contributed by atoms with Gasteiger partial charge in [0.15, 0.2) is 4.80 Å². The van der Waals surface area contributed by atoms with Crippen LogP contribution in [-0.4, -0.2) is 22.1 Å². The average Bonchev–Trinajstić information content (AvgIpc) is 3.48. The molecule has 0 saturated heterocycles. The highest BCUT2D eigenvalue weighted by Gasteiger charge is 2.33. The van der Waals surface area contributed by atoms with Gasteiger partial charge in [-0.2, -0.15) is 0 Å². The molecule has 1 atom stereocenters. The molecule has 0 amide bonds. The molecule has 0 aliphatic carbocycles. The number of nitro benzene ring substituents is 1. The highest BCUT2D eigenvalue weighted by atomic mass is 35.5. The number of hydrogen-bond donors (Lipinski definition) is 0. The fourth-order valence-electron chi connectivity index (χ4n) is 4.42. The summed E-state index contributed by atoms with van der Waals surface area (Å²) in [5, 5.41) is 11.8. The molecular weight excluding hydrogens is 542 g/mol. The lowest BCUT2D eigenvalue weighted by Crippen LogP contribution is -2.39. The molecule has 1 aliphatic rings. The van der Waals surface area contributed by atoms with Gasteiger partial charge in [-0.25, -0.2) is 9.79 Å². The Hall–Kier alpha value is -4.28. The Balaban J connectivity index is 1.63. The number of ether oxygens (including phenoxy) is 1. The van der Waals surface area contributed by atoms with Gasteiger partial charge in [0.25, 0.3) is 11.2 Å². The van der Waals surface area contributed by atoms with Crippen LogP contribution in [0.3, 0.4) is 0 Å². The van der Waals surface area contributed by atoms with Crippen molar-refractivity contribution in [2.45, 2.75) is 26.8 Å². The van der Waals surface area contributed by atoms with Crippen molar-refractivity contribution in [1.29, 1.82) is 0 Å². The van der Waals surface area contributed by atoms with E-state index in [1.165, 1.54) is 16.7 Å². The molecule has 0 radical (unpaired) electrons. The minimum atomic E-state index is -0.716. The van der Waals surface area contributed by atoms with E-state index in [9.17, 15) is 19.7 Å². The number of nitrogens with zero attached hydrogens (tertiary/aromatic N) is 3. The van der Waals surface area contributed by atoms with Crippen LogP contribution in [0.4, 0.5) is 5.69 Å². The number of esters is 1. The molecule has 198 valence electrons. The van der Waals surface area contributed by atoms with Crippen LogP contribution in [0.25, 0.3) is 17.4 Å². The summed E-state index contributed by atoms with van der Waals surface area (Å²) < 4.78 is 13.0. The summed E-state index contributed by atoms with van der Waals surface area (Å²) in [4.78, 5) is 42.7. The second-order valence-electron chi connectivity index (χ2n) is 8.83. The maximum absolute atomic E-state index is 13.7. The molecule has 0 unspecified atom stereocenters. The quantitative estimate of drug-likeness (QED) is 0.186. The molecule has 3 heterocycles. The van der Waals surface area contributed by atoms with Gasteiger partial charge in [-0.05, 0) is 50.6 Å². The Morgan fingerprint density at radius 1 is 1.21 bits per heavy atom. The first-order valence-corrected chi connectivity index (χ1v) is 13.2. The van der Waals surface area contributed by atoms with E-state index in [1.807, 2.05) is 31.2 Å². The van der Waals surface area contributed by atoms with Crippen LogP contribution in [-0.2, 0) is 9.53 Å². The number of carbonyl (C=O) groups is 1. The summed E-state index contributed by atoms with van der Waals surface area (Å²) in [6, 6.07) is 14.4. The van der Waals surface area contributed by atoms with Gasteiger partial charge < -0.3 is 9.15 Å². The molecular formula is C28H22ClN3O6S. The fraction of sp³-hybridized carbons (Fsp3) is 0.179. The van der Waals surface area contributed by atoms with E-state index in [-0.39, 0.29) is 34.2 Å². The molecule has 2 aromatic carbocycles. The number of carbonyl (C=O) groups excluding carboxylic acids is 1. The van der Waals surface area contributed by atoms with Crippen LogP contribution >= 0.6 is 22.9 Å². The van der Waals surface area contributed by atoms with Gasteiger partial charge in [-0.15, -0.1) is 0 Å². The Kier molecular flexibility index (Phi) is 7.07. The molecule has 0 saturated carbocycles. The molecule has 0 bridgehead atoms. The second kappa shape index (κ2) is 10.5. The normalized spacial score (nSPS) is 15.2. The van der Waals surface area contributed by atoms with Crippen LogP contribution in [0.15, 0.2) is 80.1 Å². The van der Waals surface area contributed by atoms with Crippen molar-refractivity contribution in [3.8, 4) is 11.3 Å². The number of aromatic nitrogens is 1. The molecule has 1 aliphatic heterocycles. The number of rotatable bonds is 6. The van der Waals surface area contributed by atoms with Crippen molar-refractivity contribution in [3.63, 3.8) is 0 Å². The highest BCUT2D eigenvalue weighted by molar-refractivity contribution is 7.07. The van der Waals surface area contributed by atoms with Crippen LogP contribution in [0.2, 0.25) is 5.02 Å². The zero-order valence-corrected chi connectivity index (χ0v) is 22.7. The number of fused-ring (bicyclic) bond motifs is 1. The van der Waals surface area contributed by atoms with E-state index >= 15 is 0 Å². The number of hydrogen-bond acceptors (Lipinski definition) is 8. The zero-order valence-electron chi connectivity index (χ0n) is 21.1. The summed E-state index contributed by atoms with van der Waals surface area (Å²) >= 11 is 7.09. The predicted octanol–water partition coefficient (Wildman–Crippen LogP) is 4.93. The average molecular weight is 564 g/mol. The van der Waals surface area contributed by atoms with Gasteiger partial charge in [0.2, 0.25) is 0 Å². The molecule has 9 nitrogen and oxygen atoms in total. The van der Waals surface area contributed by atoms with Crippen molar-refractivity contribution in [2.24, 2.45) is 4.99 Å². The zero-order chi connectivity index (χ0) is 27.8. The monoisotopic (exact) mass is 563 g/mol. The maximum Gasteiger partial charge on any atom is 0.338 e. The Morgan fingerprint density at radius 2 is 1.95 bits per heavy atom. The fourth-order valence-corrected chi connectivity index (χ4v) is 5.62. The summed E-state index contributed by atoms with van der Waals surface area (Å²) in [7, 11) is 0. The molecule has 0 N–H and O–H groups in total. The SMILES string of the molecule is CCOC(=O)C1=C(C)N=c2s/c(=C\c3ccc(-c4ccc(Cl)cc4[N+](=O)[O-])o3)c(=O)n2[C@@H]1c1ccc(C)cc1. The molecule has 5 rings (SSSR count). The molecule has 2 aromatic heterocycles. The summed E-state index contributed by atoms with van der Waals surface area (Å²) in [5.41, 5.74) is 2.29. The number of halogens is 1. The van der Waals surface area contributed by atoms with Crippen molar-refractivity contribution in [3.05, 3.63) is 118 Å². The van der Waals surface area contributed by atoms with E-state index in [0.717, 1.165) is 22.5 Å². The minimum absolute atomic E-state index is 0.188.